The molecular weight excluding hydrogens is 181 g/mol. The maximum atomic E-state index is 13.0. The third-order valence-corrected chi connectivity index (χ3v) is 1.42. The summed E-state index contributed by atoms with van der Waals surface area (Å²) in [4.78, 5) is 0. The molecule has 1 aromatic rings. The van der Waals surface area contributed by atoms with Gasteiger partial charge in [-0.2, -0.15) is 5.26 Å². The summed E-state index contributed by atoms with van der Waals surface area (Å²) in [5.41, 5.74) is -0.121. The zero-order valence-corrected chi connectivity index (χ0v) is 8.47. The van der Waals surface area contributed by atoms with Crippen LogP contribution in [0.4, 0.5) is 4.39 Å². The lowest BCUT2D eigenvalue weighted by atomic mass is 10.1. The van der Waals surface area contributed by atoms with Crippen LogP contribution < -0.4 is 4.74 Å². The molecule has 0 radical (unpaired) electrons. The van der Waals surface area contributed by atoms with Gasteiger partial charge >= 0.3 is 0 Å². The molecule has 0 aromatic heterocycles. The van der Waals surface area contributed by atoms with E-state index in [-0.39, 0.29) is 11.2 Å². The van der Waals surface area contributed by atoms with Crippen LogP contribution in [0.25, 0.3) is 0 Å². The molecule has 74 valence electrons. The smallest absolute Gasteiger partial charge is 0.128 e. The molecule has 0 saturated carbocycles. The van der Waals surface area contributed by atoms with Gasteiger partial charge in [-0.15, -0.1) is 0 Å². The molecule has 0 aliphatic heterocycles. The minimum Gasteiger partial charge on any atom is -0.488 e. The number of halogens is 1. The summed E-state index contributed by atoms with van der Waals surface area (Å²) in [5, 5.41) is 8.61. The van der Waals surface area contributed by atoms with Crippen molar-refractivity contribution in [2.45, 2.75) is 26.4 Å². The Hall–Kier alpha value is -1.56. The van der Waals surface area contributed by atoms with Crippen molar-refractivity contribution in [2.75, 3.05) is 0 Å². The van der Waals surface area contributed by atoms with Crippen molar-refractivity contribution < 1.29 is 9.13 Å². The number of hydrogen-bond acceptors (Lipinski definition) is 2. The van der Waals surface area contributed by atoms with Crippen molar-refractivity contribution >= 4 is 0 Å². The molecule has 0 bridgehead atoms. The molecule has 0 N–H and O–H groups in total. The summed E-state index contributed by atoms with van der Waals surface area (Å²) in [6.45, 7) is 5.60. The molecule has 0 aliphatic rings. The quantitative estimate of drug-likeness (QED) is 0.687. The minimum atomic E-state index is -0.455. The zero-order chi connectivity index (χ0) is 10.8. The minimum absolute atomic E-state index is 0.268. The Labute approximate surface area is 82.9 Å². The monoisotopic (exact) mass is 193 g/mol. The van der Waals surface area contributed by atoms with Crippen molar-refractivity contribution in [1.82, 2.24) is 0 Å². The van der Waals surface area contributed by atoms with Gasteiger partial charge in [-0.25, -0.2) is 4.39 Å². The largest absolute Gasteiger partial charge is 0.488 e. The molecule has 3 heteroatoms. The Bertz CT molecular complexity index is 374. The lowest BCUT2D eigenvalue weighted by Crippen LogP contribution is -2.23. The first-order chi connectivity index (χ1) is 6.40. The second-order valence-electron chi connectivity index (χ2n) is 4.00. The SMILES string of the molecule is CC(C)(C)Oc1cc(F)cc(C#N)c1. The van der Waals surface area contributed by atoms with E-state index in [1.807, 2.05) is 26.8 Å². The maximum absolute atomic E-state index is 13.0. The first-order valence-corrected chi connectivity index (χ1v) is 4.30. The van der Waals surface area contributed by atoms with Crippen LogP contribution in [0.15, 0.2) is 18.2 Å². The van der Waals surface area contributed by atoms with Gasteiger partial charge in [0.25, 0.3) is 0 Å². The Morgan fingerprint density at radius 1 is 1.29 bits per heavy atom. The van der Waals surface area contributed by atoms with Crippen LogP contribution in [0.5, 0.6) is 5.75 Å². The van der Waals surface area contributed by atoms with E-state index in [4.69, 9.17) is 10.00 Å². The fourth-order valence-corrected chi connectivity index (χ4v) is 1.04. The third-order valence-electron chi connectivity index (χ3n) is 1.42. The highest BCUT2D eigenvalue weighted by molar-refractivity contribution is 5.37. The van der Waals surface area contributed by atoms with Crippen molar-refractivity contribution in [3.05, 3.63) is 29.6 Å². The van der Waals surface area contributed by atoms with Crippen LogP contribution in [0.1, 0.15) is 26.3 Å². The number of benzene rings is 1. The van der Waals surface area contributed by atoms with Crippen molar-refractivity contribution in [2.24, 2.45) is 0 Å². The van der Waals surface area contributed by atoms with Gasteiger partial charge in [-0.3, -0.25) is 0 Å². The molecule has 0 saturated heterocycles. The topological polar surface area (TPSA) is 33.0 Å². The van der Waals surface area contributed by atoms with Crippen LogP contribution in [0, 0.1) is 17.1 Å². The second-order valence-corrected chi connectivity index (χ2v) is 4.00. The van der Waals surface area contributed by atoms with E-state index in [0.29, 0.717) is 5.75 Å². The summed E-state index contributed by atoms with van der Waals surface area (Å²) in [6, 6.07) is 5.84. The Balaban J connectivity index is 3.00. The molecule has 0 fully saturated rings. The number of rotatable bonds is 1. The Kier molecular flexibility index (Phi) is 2.76. The molecule has 1 rings (SSSR count). The summed E-state index contributed by atoms with van der Waals surface area (Å²) < 4.78 is 18.4. The van der Waals surface area contributed by atoms with Gasteiger partial charge in [-0.1, -0.05) is 0 Å². The van der Waals surface area contributed by atoms with Crippen LogP contribution in [-0.4, -0.2) is 5.60 Å². The highest BCUT2D eigenvalue weighted by Gasteiger charge is 2.12. The van der Waals surface area contributed by atoms with Crippen molar-refractivity contribution in [3.63, 3.8) is 0 Å². The number of nitriles is 1. The van der Waals surface area contributed by atoms with E-state index < -0.39 is 5.82 Å². The van der Waals surface area contributed by atoms with Gasteiger partial charge in [0.2, 0.25) is 0 Å². The first kappa shape index (κ1) is 10.5. The summed E-state index contributed by atoms with van der Waals surface area (Å²) in [6.07, 6.45) is 0. The fourth-order valence-electron chi connectivity index (χ4n) is 1.04. The second kappa shape index (κ2) is 3.67. The maximum Gasteiger partial charge on any atom is 0.128 e. The van der Waals surface area contributed by atoms with Gasteiger partial charge in [0.05, 0.1) is 11.6 Å². The average molecular weight is 193 g/mol. The van der Waals surface area contributed by atoms with E-state index in [2.05, 4.69) is 0 Å². The fraction of sp³-hybridized carbons (Fsp3) is 0.364. The molecule has 0 spiro atoms. The van der Waals surface area contributed by atoms with E-state index in [9.17, 15) is 4.39 Å². The van der Waals surface area contributed by atoms with E-state index >= 15 is 0 Å². The summed E-state index contributed by atoms with van der Waals surface area (Å²) >= 11 is 0. The molecule has 14 heavy (non-hydrogen) atoms. The first-order valence-electron chi connectivity index (χ1n) is 4.30. The van der Waals surface area contributed by atoms with E-state index in [1.54, 1.807) is 0 Å². The van der Waals surface area contributed by atoms with Crippen molar-refractivity contribution in [1.29, 1.82) is 5.26 Å². The Morgan fingerprint density at radius 2 is 1.93 bits per heavy atom. The van der Waals surface area contributed by atoms with Crippen LogP contribution in [-0.2, 0) is 0 Å². The zero-order valence-electron chi connectivity index (χ0n) is 8.47. The Morgan fingerprint density at radius 3 is 2.43 bits per heavy atom. The number of ether oxygens (including phenoxy) is 1. The van der Waals surface area contributed by atoms with Gasteiger partial charge in [-0.05, 0) is 32.9 Å². The van der Waals surface area contributed by atoms with Crippen LogP contribution in [0.3, 0.4) is 0 Å². The molecule has 0 amide bonds. The predicted octanol–water partition coefficient (Wildman–Crippen LogP) is 2.87. The number of hydrogen-bond donors (Lipinski definition) is 0. The molecule has 0 aliphatic carbocycles. The van der Waals surface area contributed by atoms with Gasteiger partial charge < -0.3 is 4.74 Å². The van der Waals surface area contributed by atoms with Crippen LogP contribution in [0.2, 0.25) is 0 Å². The van der Waals surface area contributed by atoms with Gasteiger partial charge in [0, 0.05) is 6.07 Å². The third kappa shape index (κ3) is 3.06. The lowest BCUT2D eigenvalue weighted by Gasteiger charge is -2.21. The summed E-state index contributed by atoms with van der Waals surface area (Å²) in [7, 11) is 0. The van der Waals surface area contributed by atoms with Gasteiger partial charge in [0.15, 0.2) is 0 Å². The molecular formula is C11H12FNO. The molecule has 0 unspecified atom stereocenters. The van der Waals surface area contributed by atoms with Crippen molar-refractivity contribution in [3.8, 4) is 11.8 Å². The van der Waals surface area contributed by atoms with Crippen LogP contribution >= 0.6 is 0 Å². The normalized spacial score (nSPS) is 10.8. The van der Waals surface area contributed by atoms with E-state index in [1.165, 1.54) is 18.2 Å². The highest BCUT2D eigenvalue weighted by Crippen LogP contribution is 2.20. The molecule has 2 nitrogen and oxygen atoms in total. The molecule has 0 heterocycles. The lowest BCUT2D eigenvalue weighted by molar-refractivity contribution is 0.130. The van der Waals surface area contributed by atoms with Gasteiger partial charge in [0.1, 0.15) is 17.2 Å². The standard InChI is InChI=1S/C11H12FNO/c1-11(2,3)14-10-5-8(7-13)4-9(12)6-10/h4-6H,1-3H3. The predicted molar refractivity (Wildman–Crippen MR) is 51.5 cm³/mol. The molecule has 1 aromatic carbocycles. The highest BCUT2D eigenvalue weighted by atomic mass is 19.1. The van der Waals surface area contributed by atoms with E-state index in [0.717, 1.165) is 0 Å². The number of nitrogens with zero attached hydrogens (tertiary/aromatic N) is 1. The average Bonchev–Trinajstić information content (AvgIpc) is 1.99. The summed E-state index contributed by atoms with van der Waals surface area (Å²) in [5.74, 6) is -0.0719. The molecule has 0 atom stereocenters.